The molecule has 4 aromatic rings. The predicted octanol–water partition coefficient (Wildman–Crippen LogP) is 1.23. The van der Waals surface area contributed by atoms with Crippen molar-refractivity contribution in [2.24, 2.45) is 0 Å². The van der Waals surface area contributed by atoms with Gasteiger partial charge < -0.3 is 14.2 Å². The molecule has 0 bridgehead atoms. The first-order chi connectivity index (χ1) is 15.1. The second kappa shape index (κ2) is 7.71. The Labute approximate surface area is 177 Å². The molecule has 1 aliphatic rings. The second-order valence-electron chi connectivity index (χ2n) is 7.37. The SMILES string of the molecule is Cc1nc(N2CCN(C(=O)Cn3c(=O)oc4ccccc43)CC2)cc(-n2cccn2)n1. The quantitative estimate of drug-likeness (QED) is 0.490. The number of para-hydroxylation sites is 2. The standard InChI is InChI=1S/C21H21N7O3/c1-15-23-18(13-19(24-15)28-8-4-7-22-28)25-9-11-26(12-10-25)20(29)14-27-16-5-2-3-6-17(16)31-21(27)30/h2-8,13H,9-12,14H2,1H3. The average Bonchev–Trinajstić information content (AvgIpc) is 3.42. The van der Waals surface area contributed by atoms with Crippen molar-refractivity contribution in [3.8, 4) is 5.82 Å². The molecule has 4 heterocycles. The topological polar surface area (TPSA) is 102 Å². The van der Waals surface area contributed by atoms with E-state index in [2.05, 4.69) is 20.0 Å². The van der Waals surface area contributed by atoms with Crippen molar-refractivity contribution in [1.82, 2.24) is 29.2 Å². The Balaban J connectivity index is 1.28. The van der Waals surface area contributed by atoms with Crippen molar-refractivity contribution in [3.63, 3.8) is 0 Å². The van der Waals surface area contributed by atoms with Crippen LogP contribution in [0, 0.1) is 6.92 Å². The van der Waals surface area contributed by atoms with Crippen LogP contribution in [0.25, 0.3) is 16.9 Å². The monoisotopic (exact) mass is 419 g/mol. The molecule has 0 N–H and O–H groups in total. The van der Waals surface area contributed by atoms with Crippen molar-refractivity contribution < 1.29 is 9.21 Å². The van der Waals surface area contributed by atoms with Crippen LogP contribution >= 0.6 is 0 Å². The number of piperazine rings is 1. The number of benzene rings is 1. The lowest BCUT2D eigenvalue weighted by molar-refractivity contribution is -0.132. The van der Waals surface area contributed by atoms with E-state index in [0.29, 0.717) is 48.9 Å². The van der Waals surface area contributed by atoms with E-state index in [1.165, 1.54) is 4.57 Å². The normalized spacial score (nSPS) is 14.4. The molecule has 3 aromatic heterocycles. The molecule has 1 aromatic carbocycles. The molecule has 1 fully saturated rings. The maximum Gasteiger partial charge on any atom is 0.420 e. The van der Waals surface area contributed by atoms with Crippen LogP contribution < -0.4 is 10.7 Å². The van der Waals surface area contributed by atoms with Crippen LogP contribution in [0.1, 0.15) is 5.82 Å². The summed E-state index contributed by atoms with van der Waals surface area (Å²) < 4.78 is 8.30. The van der Waals surface area contributed by atoms with Crippen molar-refractivity contribution in [3.05, 3.63) is 65.2 Å². The number of hydrogen-bond acceptors (Lipinski definition) is 7. The summed E-state index contributed by atoms with van der Waals surface area (Å²) in [4.78, 5) is 37.9. The number of carbonyl (C=O) groups is 1. The summed E-state index contributed by atoms with van der Waals surface area (Å²) in [6, 6.07) is 10.9. The molecule has 10 nitrogen and oxygen atoms in total. The number of oxazole rings is 1. The maximum absolute atomic E-state index is 12.8. The fourth-order valence-corrected chi connectivity index (χ4v) is 3.80. The number of fused-ring (bicyclic) bond motifs is 1. The van der Waals surface area contributed by atoms with Crippen LogP contribution in [0.15, 0.2) is 58.0 Å². The van der Waals surface area contributed by atoms with Crippen molar-refractivity contribution in [1.29, 1.82) is 0 Å². The van der Waals surface area contributed by atoms with Gasteiger partial charge in [-0.05, 0) is 25.1 Å². The Morgan fingerprint density at radius 3 is 2.61 bits per heavy atom. The molecule has 0 aliphatic carbocycles. The largest absolute Gasteiger partial charge is 0.420 e. The third-order valence-corrected chi connectivity index (χ3v) is 5.37. The smallest absolute Gasteiger partial charge is 0.408 e. The fraction of sp³-hybridized carbons (Fsp3) is 0.286. The van der Waals surface area contributed by atoms with Crippen LogP contribution in [0.4, 0.5) is 5.82 Å². The number of hydrogen-bond donors (Lipinski definition) is 0. The molecule has 0 unspecified atom stereocenters. The highest BCUT2D eigenvalue weighted by atomic mass is 16.4. The first kappa shape index (κ1) is 19.0. The van der Waals surface area contributed by atoms with Gasteiger partial charge in [-0.25, -0.2) is 19.4 Å². The molecule has 31 heavy (non-hydrogen) atoms. The minimum absolute atomic E-state index is 0.0358. The van der Waals surface area contributed by atoms with Gasteiger partial charge in [-0.1, -0.05) is 12.1 Å². The van der Waals surface area contributed by atoms with Crippen LogP contribution in [-0.2, 0) is 11.3 Å². The Hall–Kier alpha value is -3.95. The number of aromatic nitrogens is 5. The molecule has 1 saturated heterocycles. The predicted molar refractivity (Wildman–Crippen MR) is 113 cm³/mol. The Morgan fingerprint density at radius 2 is 1.84 bits per heavy atom. The summed E-state index contributed by atoms with van der Waals surface area (Å²) in [6.07, 6.45) is 3.54. The van der Waals surface area contributed by atoms with Crippen LogP contribution in [0.3, 0.4) is 0 Å². The zero-order chi connectivity index (χ0) is 21.4. The van der Waals surface area contributed by atoms with Gasteiger partial charge in [-0.15, -0.1) is 0 Å². The molecule has 158 valence electrons. The number of amides is 1. The second-order valence-corrected chi connectivity index (χ2v) is 7.37. The number of carbonyl (C=O) groups excluding carboxylic acids is 1. The number of anilines is 1. The molecule has 1 amide bonds. The van der Waals surface area contributed by atoms with Gasteiger partial charge in [-0.3, -0.25) is 9.36 Å². The van der Waals surface area contributed by atoms with Gasteiger partial charge in [0, 0.05) is 44.6 Å². The summed E-state index contributed by atoms with van der Waals surface area (Å²) in [5.41, 5.74) is 1.11. The first-order valence-electron chi connectivity index (χ1n) is 10.1. The zero-order valence-electron chi connectivity index (χ0n) is 17.0. The van der Waals surface area contributed by atoms with E-state index in [1.54, 1.807) is 34.0 Å². The van der Waals surface area contributed by atoms with Crippen molar-refractivity contribution >= 4 is 22.8 Å². The van der Waals surface area contributed by atoms with E-state index in [-0.39, 0.29) is 12.5 Å². The fourth-order valence-electron chi connectivity index (χ4n) is 3.80. The van der Waals surface area contributed by atoms with Crippen molar-refractivity contribution in [2.75, 3.05) is 31.1 Å². The van der Waals surface area contributed by atoms with Gasteiger partial charge >= 0.3 is 5.76 Å². The van der Waals surface area contributed by atoms with Crippen molar-refractivity contribution in [2.45, 2.75) is 13.5 Å². The Morgan fingerprint density at radius 1 is 1.06 bits per heavy atom. The van der Waals surface area contributed by atoms with Gasteiger partial charge in [0.2, 0.25) is 5.91 Å². The number of nitrogens with zero attached hydrogens (tertiary/aromatic N) is 7. The van der Waals surface area contributed by atoms with Gasteiger partial charge in [-0.2, -0.15) is 5.10 Å². The third kappa shape index (κ3) is 3.67. The van der Waals surface area contributed by atoms with Crippen LogP contribution in [0.5, 0.6) is 0 Å². The van der Waals surface area contributed by atoms with E-state index in [1.807, 2.05) is 31.3 Å². The molecular weight excluding hydrogens is 398 g/mol. The highest BCUT2D eigenvalue weighted by Crippen LogP contribution is 2.18. The number of rotatable bonds is 4. The van der Waals surface area contributed by atoms with Crippen LogP contribution in [0.2, 0.25) is 0 Å². The lowest BCUT2D eigenvalue weighted by atomic mass is 10.3. The lowest BCUT2D eigenvalue weighted by Crippen LogP contribution is -2.50. The summed E-state index contributed by atoms with van der Waals surface area (Å²) >= 11 is 0. The van der Waals surface area contributed by atoms with Gasteiger partial charge in [0.1, 0.15) is 18.2 Å². The maximum atomic E-state index is 12.8. The summed E-state index contributed by atoms with van der Waals surface area (Å²) in [5, 5.41) is 4.23. The molecule has 10 heteroatoms. The van der Waals surface area contributed by atoms with E-state index in [0.717, 1.165) is 5.82 Å². The molecule has 0 radical (unpaired) electrons. The Bertz CT molecular complexity index is 1280. The number of aryl methyl sites for hydroxylation is 1. The minimum atomic E-state index is -0.518. The van der Waals surface area contributed by atoms with Crippen LogP contribution in [-0.4, -0.2) is 61.3 Å². The first-order valence-corrected chi connectivity index (χ1v) is 10.1. The summed E-state index contributed by atoms with van der Waals surface area (Å²) in [6.45, 7) is 4.19. The molecule has 1 aliphatic heterocycles. The minimum Gasteiger partial charge on any atom is -0.408 e. The van der Waals surface area contributed by atoms with E-state index in [4.69, 9.17) is 4.42 Å². The lowest BCUT2D eigenvalue weighted by Gasteiger charge is -2.35. The molecular formula is C21H21N7O3. The van der Waals surface area contributed by atoms with Gasteiger partial charge in [0.25, 0.3) is 0 Å². The molecule has 5 rings (SSSR count). The van der Waals surface area contributed by atoms with Gasteiger partial charge in [0.15, 0.2) is 11.4 Å². The molecule has 0 saturated carbocycles. The average molecular weight is 419 g/mol. The highest BCUT2D eigenvalue weighted by molar-refractivity contribution is 5.79. The van der Waals surface area contributed by atoms with Gasteiger partial charge in [0.05, 0.1) is 5.52 Å². The van der Waals surface area contributed by atoms with E-state index >= 15 is 0 Å². The molecule has 0 atom stereocenters. The molecule has 0 spiro atoms. The van der Waals surface area contributed by atoms with E-state index < -0.39 is 5.76 Å². The summed E-state index contributed by atoms with van der Waals surface area (Å²) in [7, 11) is 0. The highest BCUT2D eigenvalue weighted by Gasteiger charge is 2.24. The summed E-state index contributed by atoms with van der Waals surface area (Å²) in [5.74, 6) is 1.55. The third-order valence-electron chi connectivity index (χ3n) is 5.37. The Kier molecular flexibility index (Phi) is 4.73. The zero-order valence-corrected chi connectivity index (χ0v) is 17.0. The van der Waals surface area contributed by atoms with E-state index in [9.17, 15) is 9.59 Å².